The van der Waals surface area contributed by atoms with Crippen molar-refractivity contribution < 1.29 is 9.59 Å². The van der Waals surface area contributed by atoms with E-state index < -0.39 is 5.91 Å². The predicted molar refractivity (Wildman–Crippen MR) is 135 cm³/mol. The number of piperidine rings is 1. The summed E-state index contributed by atoms with van der Waals surface area (Å²) in [6.07, 6.45) is 2.14. The molecule has 0 bridgehead atoms. The van der Waals surface area contributed by atoms with E-state index in [0.717, 1.165) is 73.2 Å². The van der Waals surface area contributed by atoms with Gasteiger partial charge in [-0.3, -0.25) is 9.59 Å². The molecule has 2 aromatic rings. The molecule has 2 fully saturated rings. The maximum Gasteiger partial charge on any atom is 0.250 e. The third kappa shape index (κ3) is 6.11. The van der Waals surface area contributed by atoms with E-state index in [0.29, 0.717) is 18.2 Å². The fourth-order valence-corrected chi connectivity index (χ4v) is 5.32. The molecule has 0 radical (unpaired) electrons. The first-order valence-corrected chi connectivity index (χ1v) is 12.4. The molecule has 9 heteroatoms. The van der Waals surface area contributed by atoms with Crippen LogP contribution < -0.4 is 21.3 Å². The first-order chi connectivity index (χ1) is 15.9. The van der Waals surface area contributed by atoms with Crippen molar-refractivity contribution >= 4 is 33.8 Å². The van der Waals surface area contributed by atoms with E-state index in [4.69, 9.17) is 5.73 Å². The summed E-state index contributed by atoms with van der Waals surface area (Å²) < 4.78 is 0. The fourth-order valence-electron chi connectivity index (χ4n) is 4.40. The molecule has 1 aromatic heterocycles. The standard InChI is InChI=1S/C24H34N6O2S/c1-28-9-7-18(8-10-28)26-16-22(31)27-23-6-5-21(33-23)17-3-4-20(19(15-17)24(25)32)30-13-11-29(2)12-14-30/h3-6,15,18,26H,7-14,16H2,1-2H3,(H2,25,32)(H,27,31). The van der Waals surface area contributed by atoms with E-state index in [-0.39, 0.29) is 5.91 Å². The van der Waals surface area contributed by atoms with Gasteiger partial charge in [0.15, 0.2) is 0 Å². The van der Waals surface area contributed by atoms with Crippen LogP contribution in [0.5, 0.6) is 0 Å². The van der Waals surface area contributed by atoms with E-state index in [1.54, 1.807) is 0 Å². The molecule has 33 heavy (non-hydrogen) atoms. The van der Waals surface area contributed by atoms with Gasteiger partial charge in [0.2, 0.25) is 5.91 Å². The van der Waals surface area contributed by atoms with Crippen LogP contribution in [0, 0.1) is 0 Å². The molecule has 2 saturated heterocycles. The number of rotatable bonds is 7. The summed E-state index contributed by atoms with van der Waals surface area (Å²) in [6.45, 7) is 6.10. The van der Waals surface area contributed by atoms with E-state index in [1.807, 2.05) is 30.3 Å². The Morgan fingerprint density at radius 2 is 1.70 bits per heavy atom. The third-order valence-corrected chi connectivity index (χ3v) is 7.58. The number of primary amides is 1. The van der Waals surface area contributed by atoms with Gasteiger partial charge in [0.25, 0.3) is 5.91 Å². The van der Waals surface area contributed by atoms with Gasteiger partial charge < -0.3 is 31.1 Å². The number of piperazine rings is 1. The SMILES string of the molecule is CN1CCC(NCC(=O)Nc2ccc(-c3ccc(N4CCN(C)CC4)c(C(N)=O)c3)s2)CC1. The van der Waals surface area contributed by atoms with Gasteiger partial charge in [-0.2, -0.15) is 0 Å². The van der Waals surface area contributed by atoms with Gasteiger partial charge in [-0.1, -0.05) is 6.07 Å². The number of carbonyl (C=O) groups is 2. The van der Waals surface area contributed by atoms with Crippen LogP contribution in [-0.2, 0) is 4.79 Å². The molecular formula is C24H34N6O2S. The van der Waals surface area contributed by atoms with Gasteiger partial charge in [-0.15, -0.1) is 11.3 Å². The number of thiophene rings is 1. The summed E-state index contributed by atoms with van der Waals surface area (Å²) in [5.74, 6) is -0.457. The minimum atomic E-state index is -0.421. The largest absolute Gasteiger partial charge is 0.368 e. The van der Waals surface area contributed by atoms with Gasteiger partial charge in [0.1, 0.15) is 0 Å². The van der Waals surface area contributed by atoms with Crippen LogP contribution in [0.1, 0.15) is 23.2 Å². The molecule has 0 aliphatic carbocycles. The molecule has 178 valence electrons. The Hall–Kier alpha value is -2.46. The Labute approximate surface area is 199 Å². The first kappa shape index (κ1) is 23.7. The Kier molecular flexibility index (Phi) is 7.64. The summed E-state index contributed by atoms with van der Waals surface area (Å²) >= 11 is 1.50. The van der Waals surface area contributed by atoms with Crippen molar-refractivity contribution in [2.24, 2.45) is 5.73 Å². The summed E-state index contributed by atoms with van der Waals surface area (Å²) in [7, 11) is 4.23. The average molecular weight is 471 g/mol. The normalized spacial score (nSPS) is 18.4. The molecule has 2 aliphatic rings. The third-order valence-electron chi connectivity index (χ3n) is 6.53. The van der Waals surface area contributed by atoms with Crippen LogP contribution >= 0.6 is 11.3 Å². The molecule has 2 amide bonds. The number of anilines is 2. The van der Waals surface area contributed by atoms with Gasteiger partial charge >= 0.3 is 0 Å². The van der Waals surface area contributed by atoms with Gasteiger partial charge in [-0.05, 0) is 69.9 Å². The smallest absolute Gasteiger partial charge is 0.250 e. The van der Waals surface area contributed by atoms with E-state index in [9.17, 15) is 9.59 Å². The lowest BCUT2D eigenvalue weighted by atomic mass is 10.1. The van der Waals surface area contributed by atoms with Crippen LogP contribution in [0.4, 0.5) is 10.7 Å². The second-order valence-electron chi connectivity index (χ2n) is 9.06. The monoisotopic (exact) mass is 470 g/mol. The van der Waals surface area contributed by atoms with Crippen molar-refractivity contribution in [2.75, 3.05) is 70.1 Å². The van der Waals surface area contributed by atoms with Crippen LogP contribution in [0.2, 0.25) is 0 Å². The fraction of sp³-hybridized carbons (Fsp3) is 0.500. The number of benzene rings is 1. The maximum absolute atomic E-state index is 12.4. The Morgan fingerprint density at radius 3 is 2.39 bits per heavy atom. The molecule has 0 atom stereocenters. The van der Waals surface area contributed by atoms with Crippen molar-refractivity contribution in [3.05, 3.63) is 35.9 Å². The highest BCUT2D eigenvalue weighted by Crippen LogP contribution is 2.34. The lowest BCUT2D eigenvalue weighted by Gasteiger charge is -2.35. The Balaban J connectivity index is 1.38. The summed E-state index contributed by atoms with van der Waals surface area (Å²) in [4.78, 5) is 32.4. The first-order valence-electron chi connectivity index (χ1n) is 11.6. The zero-order valence-corrected chi connectivity index (χ0v) is 20.3. The van der Waals surface area contributed by atoms with E-state index in [2.05, 4.69) is 39.4 Å². The number of hydrogen-bond acceptors (Lipinski definition) is 7. The number of nitrogens with zero attached hydrogens (tertiary/aromatic N) is 3. The highest BCUT2D eigenvalue weighted by molar-refractivity contribution is 7.19. The number of nitrogens with one attached hydrogen (secondary N) is 2. The highest BCUT2D eigenvalue weighted by atomic mass is 32.1. The molecule has 1 aromatic carbocycles. The van der Waals surface area contributed by atoms with Crippen LogP contribution in [0.3, 0.4) is 0 Å². The van der Waals surface area contributed by atoms with Crippen molar-refractivity contribution in [1.29, 1.82) is 0 Å². The number of likely N-dealkylation sites (N-methyl/N-ethyl adjacent to an activating group) is 1. The van der Waals surface area contributed by atoms with Crippen molar-refractivity contribution in [2.45, 2.75) is 18.9 Å². The van der Waals surface area contributed by atoms with E-state index in [1.165, 1.54) is 11.3 Å². The molecule has 2 aliphatic heterocycles. The van der Waals surface area contributed by atoms with Gasteiger partial charge in [-0.25, -0.2) is 0 Å². The Bertz CT molecular complexity index is 977. The second-order valence-corrected chi connectivity index (χ2v) is 10.1. The van der Waals surface area contributed by atoms with Crippen molar-refractivity contribution in [1.82, 2.24) is 15.1 Å². The molecule has 4 N–H and O–H groups in total. The number of carbonyl (C=O) groups excluding carboxylic acids is 2. The maximum atomic E-state index is 12.4. The van der Waals surface area contributed by atoms with Crippen LogP contribution in [-0.4, -0.2) is 87.6 Å². The molecule has 0 saturated carbocycles. The summed E-state index contributed by atoms with van der Waals surface area (Å²) in [6, 6.07) is 10.2. The molecule has 4 rings (SSSR count). The minimum absolute atomic E-state index is 0.0365. The number of likely N-dealkylation sites (tertiary alicyclic amines) is 1. The van der Waals surface area contributed by atoms with Crippen LogP contribution in [0.15, 0.2) is 30.3 Å². The lowest BCUT2D eigenvalue weighted by molar-refractivity contribution is -0.115. The zero-order chi connectivity index (χ0) is 23.4. The zero-order valence-electron chi connectivity index (χ0n) is 19.5. The highest BCUT2D eigenvalue weighted by Gasteiger charge is 2.20. The molecule has 0 spiro atoms. The Morgan fingerprint density at radius 1 is 1.00 bits per heavy atom. The second kappa shape index (κ2) is 10.6. The quantitative estimate of drug-likeness (QED) is 0.572. The predicted octanol–water partition coefficient (Wildman–Crippen LogP) is 1.89. The summed E-state index contributed by atoms with van der Waals surface area (Å²) in [5, 5.41) is 7.15. The minimum Gasteiger partial charge on any atom is -0.368 e. The lowest BCUT2D eigenvalue weighted by Crippen LogP contribution is -2.45. The number of hydrogen-bond donors (Lipinski definition) is 3. The van der Waals surface area contributed by atoms with Crippen molar-refractivity contribution in [3.8, 4) is 10.4 Å². The number of amides is 2. The van der Waals surface area contributed by atoms with Gasteiger partial charge in [0.05, 0.1) is 17.1 Å². The van der Waals surface area contributed by atoms with Crippen LogP contribution in [0.25, 0.3) is 10.4 Å². The molecule has 3 heterocycles. The van der Waals surface area contributed by atoms with Gasteiger partial charge in [0, 0.05) is 42.8 Å². The average Bonchev–Trinajstić information content (AvgIpc) is 3.27. The molecule has 0 unspecified atom stereocenters. The van der Waals surface area contributed by atoms with Crippen molar-refractivity contribution in [3.63, 3.8) is 0 Å². The molecular weight excluding hydrogens is 436 g/mol. The summed E-state index contributed by atoms with van der Waals surface area (Å²) in [5.41, 5.74) is 8.09. The molecule has 8 nitrogen and oxygen atoms in total. The topological polar surface area (TPSA) is 93.9 Å². The van der Waals surface area contributed by atoms with E-state index >= 15 is 0 Å². The number of nitrogens with two attached hydrogens (primary N) is 1.